The van der Waals surface area contributed by atoms with Crippen molar-refractivity contribution in [2.45, 2.75) is 25.3 Å². The predicted molar refractivity (Wildman–Crippen MR) is 84.4 cm³/mol. The second kappa shape index (κ2) is 5.55. The third-order valence-corrected chi connectivity index (χ3v) is 5.22. The van der Waals surface area contributed by atoms with Crippen molar-refractivity contribution in [2.24, 2.45) is 5.92 Å². The molecule has 1 saturated heterocycles. The summed E-state index contributed by atoms with van der Waals surface area (Å²) in [7, 11) is 0. The first-order chi connectivity index (χ1) is 9.15. The Morgan fingerprint density at radius 1 is 1.53 bits per heavy atom. The van der Waals surface area contributed by atoms with Crippen molar-refractivity contribution in [3.8, 4) is 0 Å². The van der Waals surface area contributed by atoms with E-state index in [4.69, 9.17) is 23.2 Å². The van der Waals surface area contributed by atoms with Gasteiger partial charge >= 0.3 is 0 Å². The van der Waals surface area contributed by atoms with Gasteiger partial charge in [-0.1, -0.05) is 11.6 Å². The minimum absolute atomic E-state index is 0.0831. The molecule has 0 bridgehead atoms. The van der Waals surface area contributed by atoms with Gasteiger partial charge in [-0.2, -0.15) is 11.8 Å². The number of hydrogen-bond acceptors (Lipinski definition) is 2. The molecular formula is C14H16Cl2N2S. The van der Waals surface area contributed by atoms with Crippen LogP contribution in [0.1, 0.15) is 24.5 Å². The summed E-state index contributed by atoms with van der Waals surface area (Å²) in [6.07, 6.45) is 1.28. The minimum atomic E-state index is -0.0831. The molecule has 2 heterocycles. The standard InChI is InChI=1S/C14H16Cl2N2S/c1-9(15)14-17-12-3-2-11(16)6-13(12)18(14)7-10-4-5-19-8-10/h2-3,6,9-10H,4-5,7-8H2,1H3. The minimum Gasteiger partial charge on any atom is -0.326 e. The van der Waals surface area contributed by atoms with Crippen LogP contribution in [0.2, 0.25) is 5.02 Å². The van der Waals surface area contributed by atoms with Gasteiger partial charge < -0.3 is 4.57 Å². The quantitative estimate of drug-likeness (QED) is 0.761. The summed E-state index contributed by atoms with van der Waals surface area (Å²) in [5, 5.41) is 0.670. The van der Waals surface area contributed by atoms with E-state index in [2.05, 4.69) is 9.55 Å². The number of benzene rings is 1. The molecule has 1 aliphatic rings. The largest absolute Gasteiger partial charge is 0.326 e. The number of rotatable bonds is 3. The lowest BCUT2D eigenvalue weighted by atomic mass is 10.1. The number of thioether (sulfide) groups is 1. The van der Waals surface area contributed by atoms with Gasteiger partial charge in [0.1, 0.15) is 5.82 Å². The summed E-state index contributed by atoms with van der Waals surface area (Å²) in [4.78, 5) is 4.66. The van der Waals surface area contributed by atoms with E-state index in [9.17, 15) is 0 Å². The van der Waals surface area contributed by atoms with E-state index in [0.717, 1.165) is 34.3 Å². The highest BCUT2D eigenvalue weighted by Gasteiger charge is 2.21. The van der Waals surface area contributed by atoms with E-state index in [-0.39, 0.29) is 5.38 Å². The first-order valence-electron chi connectivity index (χ1n) is 6.52. The molecule has 3 rings (SSSR count). The van der Waals surface area contributed by atoms with Crippen LogP contribution >= 0.6 is 35.0 Å². The zero-order chi connectivity index (χ0) is 13.4. The van der Waals surface area contributed by atoms with Crippen LogP contribution in [0.25, 0.3) is 11.0 Å². The number of fused-ring (bicyclic) bond motifs is 1. The fourth-order valence-corrected chi connectivity index (χ4v) is 4.20. The van der Waals surface area contributed by atoms with Gasteiger partial charge in [0.15, 0.2) is 0 Å². The number of alkyl halides is 1. The van der Waals surface area contributed by atoms with Gasteiger partial charge in [0.05, 0.1) is 16.4 Å². The Bertz CT molecular complexity index is 588. The van der Waals surface area contributed by atoms with Crippen molar-refractivity contribution in [2.75, 3.05) is 11.5 Å². The number of aromatic nitrogens is 2. The summed E-state index contributed by atoms with van der Waals surface area (Å²) in [5.41, 5.74) is 2.09. The van der Waals surface area contributed by atoms with Crippen LogP contribution in [-0.4, -0.2) is 21.1 Å². The van der Waals surface area contributed by atoms with Crippen molar-refractivity contribution in [3.63, 3.8) is 0 Å². The van der Waals surface area contributed by atoms with E-state index in [1.807, 2.05) is 36.9 Å². The zero-order valence-corrected chi connectivity index (χ0v) is 13.1. The molecule has 0 radical (unpaired) electrons. The Kier molecular flexibility index (Phi) is 3.97. The summed E-state index contributed by atoms with van der Waals surface area (Å²) in [6.45, 7) is 2.97. The molecule has 0 N–H and O–H groups in total. The van der Waals surface area contributed by atoms with Gasteiger partial charge in [-0.3, -0.25) is 0 Å². The third kappa shape index (κ3) is 2.74. The number of hydrogen-bond donors (Lipinski definition) is 0. The number of halogens is 2. The molecule has 0 saturated carbocycles. The molecule has 5 heteroatoms. The molecule has 1 aromatic heterocycles. The fraction of sp³-hybridized carbons (Fsp3) is 0.500. The summed E-state index contributed by atoms with van der Waals surface area (Å²) in [6, 6.07) is 5.85. The highest BCUT2D eigenvalue weighted by molar-refractivity contribution is 7.99. The highest BCUT2D eigenvalue weighted by Crippen LogP contribution is 2.31. The molecule has 19 heavy (non-hydrogen) atoms. The normalized spacial score (nSPS) is 21.1. The van der Waals surface area contributed by atoms with Crippen LogP contribution in [0, 0.1) is 5.92 Å². The van der Waals surface area contributed by atoms with Crippen LogP contribution in [0.5, 0.6) is 0 Å². The summed E-state index contributed by atoms with van der Waals surface area (Å²) >= 11 is 14.4. The molecule has 2 unspecified atom stereocenters. The average Bonchev–Trinajstić information content (AvgIpc) is 2.98. The van der Waals surface area contributed by atoms with Gasteiger partial charge in [0.25, 0.3) is 0 Å². The van der Waals surface area contributed by atoms with Crippen molar-refractivity contribution in [1.29, 1.82) is 0 Å². The Morgan fingerprint density at radius 2 is 2.37 bits per heavy atom. The summed E-state index contributed by atoms with van der Waals surface area (Å²) in [5.74, 6) is 4.17. The van der Waals surface area contributed by atoms with Gasteiger partial charge in [0, 0.05) is 11.6 Å². The zero-order valence-electron chi connectivity index (χ0n) is 10.8. The molecular weight excluding hydrogens is 299 g/mol. The number of imidazole rings is 1. The van der Waals surface area contributed by atoms with Crippen molar-refractivity contribution >= 4 is 46.0 Å². The monoisotopic (exact) mass is 314 g/mol. The molecule has 102 valence electrons. The summed E-state index contributed by atoms with van der Waals surface area (Å²) < 4.78 is 2.26. The molecule has 2 atom stereocenters. The molecule has 0 aliphatic carbocycles. The maximum absolute atomic E-state index is 6.28. The van der Waals surface area contributed by atoms with Crippen molar-refractivity contribution < 1.29 is 0 Å². The second-order valence-corrected chi connectivity index (χ2v) is 7.30. The van der Waals surface area contributed by atoms with E-state index >= 15 is 0 Å². The first-order valence-corrected chi connectivity index (χ1v) is 8.49. The Morgan fingerprint density at radius 3 is 3.05 bits per heavy atom. The fourth-order valence-electron chi connectivity index (χ4n) is 2.60. The van der Waals surface area contributed by atoms with Gasteiger partial charge in [0.2, 0.25) is 0 Å². The van der Waals surface area contributed by atoms with Crippen LogP contribution in [0.15, 0.2) is 18.2 Å². The Hall–Kier alpha value is -0.380. The lowest BCUT2D eigenvalue weighted by Crippen LogP contribution is -2.13. The Balaban J connectivity index is 2.06. The third-order valence-electron chi connectivity index (χ3n) is 3.56. The Labute approximate surface area is 127 Å². The molecule has 2 nitrogen and oxygen atoms in total. The predicted octanol–water partition coefficient (Wildman–Crippen LogP) is 4.74. The molecule has 1 aliphatic heterocycles. The highest BCUT2D eigenvalue weighted by atomic mass is 35.5. The van der Waals surface area contributed by atoms with Gasteiger partial charge in [-0.05, 0) is 49.0 Å². The molecule has 2 aromatic rings. The van der Waals surface area contributed by atoms with E-state index in [0.29, 0.717) is 0 Å². The average molecular weight is 315 g/mol. The number of nitrogens with zero attached hydrogens (tertiary/aromatic N) is 2. The van der Waals surface area contributed by atoms with E-state index < -0.39 is 0 Å². The second-order valence-electron chi connectivity index (χ2n) is 5.06. The first kappa shape index (κ1) is 13.6. The maximum Gasteiger partial charge on any atom is 0.127 e. The van der Waals surface area contributed by atoms with Crippen molar-refractivity contribution in [3.05, 3.63) is 29.0 Å². The molecule has 1 aromatic carbocycles. The van der Waals surface area contributed by atoms with E-state index in [1.165, 1.54) is 17.9 Å². The van der Waals surface area contributed by atoms with Crippen LogP contribution in [0.4, 0.5) is 0 Å². The smallest absolute Gasteiger partial charge is 0.127 e. The van der Waals surface area contributed by atoms with Crippen LogP contribution in [0.3, 0.4) is 0 Å². The van der Waals surface area contributed by atoms with Crippen LogP contribution < -0.4 is 0 Å². The lowest BCUT2D eigenvalue weighted by molar-refractivity contribution is 0.488. The van der Waals surface area contributed by atoms with Gasteiger partial charge in [-0.25, -0.2) is 4.98 Å². The van der Waals surface area contributed by atoms with Crippen molar-refractivity contribution in [1.82, 2.24) is 9.55 Å². The van der Waals surface area contributed by atoms with Crippen LogP contribution in [-0.2, 0) is 6.54 Å². The SMILES string of the molecule is CC(Cl)c1nc2ccc(Cl)cc2n1CC1CCSC1. The lowest BCUT2D eigenvalue weighted by Gasteiger charge is -2.14. The molecule has 0 amide bonds. The molecule has 1 fully saturated rings. The van der Waals surface area contributed by atoms with Gasteiger partial charge in [-0.15, -0.1) is 11.6 Å². The molecule has 0 spiro atoms. The maximum atomic E-state index is 6.28. The topological polar surface area (TPSA) is 17.8 Å². The van der Waals surface area contributed by atoms with E-state index in [1.54, 1.807) is 0 Å².